The third-order valence-corrected chi connectivity index (χ3v) is 4.63. The van der Waals surface area contributed by atoms with Gasteiger partial charge in [0.2, 0.25) is 0 Å². The van der Waals surface area contributed by atoms with E-state index in [4.69, 9.17) is 0 Å². The molecule has 2 aliphatic rings. The van der Waals surface area contributed by atoms with Gasteiger partial charge in [-0.3, -0.25) is 4.99 Å². The van der Waals surface area contributed by atoms with Crippen molar-refractivity contribution in [1.29, 1.82) is 0 Å². The fraction of sp³-hybridized carbons (Fsp3) is 0.588. The van der Waals surface area contributed by atoms with E-state index in [1.54, 1.807) is 13.1 Å². The van der Waals surface area contributed by atoms with Gasteiger partial charge in [0.15, 0.2) is 17.5 Å². The van der Waals surface area contributed by atoms with E-state index in [2.05, 4.69) is 20.5 Å². The molecular formula is C17H26FIN4O. The summed E-state index contributed by atoms with van der Waals surface area (Å²) in [6.07, 6.45) is 4.99. The van der Waals surface area contributed by atoms with Crippen LogP contribution in [0.25, 0.3) is 0 Å². The fourth-order valence-electron chi connectivity index (χ4n) is 3.08. The van der Waals surface area contributed by atoms with E-state index >= 15 is 0 Å². The maximum Gasteiger partial charge on any atom is 0.191 e. The summed E-state index contributed by atoms with van der Waals surface area (Å²) in [6.45, 7) is 2.78. The number of rotatable bonds is 4. The van der Waals surface area contributed by atoms with Gasteiger partial charge in [0.25, 0.3) is 0 Å². The van der Waals surface area contributed by atoms with E-state index in [9.17, 15) is 9.50 Å². The summed E-state index contributed by atoms with van der Waals surface area (Å²) in [5, 5.41) is 15.9. The van der Waals surface area contributed by atoms with Crippen molar-refractivity contribution in [2.75, 3.05) is 20.1 Å². The Morgan fingerprint density at radius 1 is 1.29 bits per heavy atom. The lowest BCUT2D eigenvalue weighted by molar-refractivity contribution is 0.197. The van der Waals surface area contributed by atoms with Gasteiger partial charge >= 0.3 is 0 Å². The van der Waals surface area contributed by atoms with Crippen molar-refractivity contribution in [1.82, 2.24) is 15.5 Å². The van der Waals surface area contributed by atoms with Crippen molar-refractivity contribution < 1.29 is 9.50 Å². The summed E-state index contributed by atoms with van der Waals surface area (Å²) >= 11 is 0. The van der Waals surface area contributed by atoms with Crippen LogP contribution in [0.2, 0.25) is 0 Å². The molecule has 0 bridgehead atoms. The van der Waals surface area contributed by atoms with Crippen LogP contribution in [0.3, 0.4) is 0 Å². The van der Waals surface area contributed by atoms with Gasteiger partial charge in [0, 0.05) is 38.8 Å². The first-order valence-electron chi connectivity index (χ1n) is 8.34. The van der Waals surface area contributed by atoms with E-state index in [-0.39, 0.29) is 29.7 Å². The van der Waals surface area contributed by atoms with Gasteiger partial charge in [0.05, 0.1) is 0 Å². The second-order valence-electron chi connectivity index (χ2n) is 6.40. The molecule has 0 amide bonds. The predicted molar refractivity (Wildman–Crippen MR) is 104 cm³/mol. The molecule has 1 heterocycles. The molecule has 0 atom stereocenters. The van der Waals surface area contributed by atoms with E-state index < -0.39 is 5.82 Å². The number of piperidine rings is 1. The average molecular weight is 448 g/mol. The Morgan fingerprint density at radius 3 is 2.58 bits per heavy atom. The molecule has 1 saturated heterocycles. The highest BCUT2D eigenvalue weighted by molar-refractivity contribution is 14.0. The van der Waals surface area contributed by atoms with Crippen LogP contribution in [0.1, 0.15) is 31.2 Å². The van der Waals surface area contributed by atoms with Crippen molar-refractivity contribution in [3.8, 4) is 5.75 Å². The average Bonchev–Trinajstić information content (AvgIpc) is 3.40. The smallest absolute Gasteiger partial charge is 0.191 e. The number of halogens is 2. The Balaban J connectivity index is 0.00000208. The highest BCUT2D eigenvalue weighted by Crippen LogP contribution is 2.29. The van der Waals surface area contributed by atoms with E-state index in [1.807, 2.05) is 0 Å². The van der Waals surface area contributed by atoms with Crippen molar-refractivity contribution in [2.24, 2.45) is 4.99 Å². The lowest BCUT2D eigenvalue weighted by Crippen LogP contribution is -2.48. The molecule has 24 heavy (non-hydrogen) atoms. The van der Waals surface area contributed by atoms with Crippen LogP contribution in [0.15, 0.2) is 23.2 Å². The van der Waals surface area contributed by atoms with E-state index in [0.29, 0.717) is 12.6 Å². The predicted octanol–water partition coefficient (Wildman–Crippen LogP) is 2.44. The van der Waals surface area contributed by atoms with Gasteiger partial charge in [-0.25, -0.2) is 4.39 Å². The minimum absolute atomic E-state index is 0. The number of hydrogen-bond donors (Lipinski definition) is 3. The Hall–Kier alpha value is -1.09. The summed E-state index contributed by atoms with van der Waals surface area (Å²) < 4.78 is 13.3. The van der Waals surface area contributed by atoms with Crippen LogP contribution in [0.5, 0.6) is 5.75 Å². The zero-order valence-electron chi connectivity index (χ0n) is 14.0. The number of nitrogens with zero attached hydrogens (tertiary/aromatic N) is 2. The molecule has 1 aromatic rings. The number of phenols is 1. The number of aliphatic imine (C=N–C) groups is 1. The second-order valence-corrected chi connectivity index (χ2v) is 6.40. The van der Waals surface area contributed by atoms with Gasteiger partial charge in [-0.1, -0.05) is 6.07 Å². The Labute approximate surface area is 159 Å². The number of benzene rings is 1. The van der Waals surface area contributed by atoms with Crippen LogP contribution in [0, 0.1) is 5.82 Å². The van der Waals surface area contributed by atoms with Gasteiger partial charge in [-0.05, 0) is 43.4 Å². The zero-order chi connectivity index (χ0) is 16.2. The molecule has 3 rings (SSSR count). The molecule has 7 heteroatoms. The first-order valence-corrected chi connectivity index (χ1v) is 8.34. The Kier molecular flexibility index (Phi) is 7.09. The molecule has 5 nitrogen and oxygen atoms in total. The molecule has 1 saturated carbocycles. The minimum atomic E-state index is -0.598. The third-order valence-electron chi connectivity index (χ3n) is 4.63. The minimum Gasteiger partial charge on any atom is -0.505 e. The Morgan fingerprint density at radius 2 is 2.00 bits per heavy atom. The van der Waals surface area contributed by atoms with Gasteiger partial charge in [0.1, 0.15) is 0 Å². The SMILES string of the molecule is CN=C(NCc1ccc(O)c(F)c1)NC1CCN(C2CC2)CC1.I. The molecular weight excluding hydrogens is 422 g/mol. The highest BCUT2D eigenvalue weighted by atomic mass is 127. The molecule has 2 fully saturated rings. The highest BCUT2D eigenvalue weighted by Gasteiger charge is 2.31. The number of aromatic hydroxyl groups is 1. The van der Waals surface area contributed by atoms with Crippen LogP contribution in [-0.4, -0.2) is 48.2 Å². The summed E-state index contributed by atoms with van der Waals surface area (Å²) in [5.41, 5.74) is 0.770. The molecule has 1 aromatic carbocycles. The standard InChI is InChI=1S/C17H25FN4O.HI/c1-19-17(20-11-12-2-5-16(23)15(18)10-12)21-13-6-8-22(9-7-13)14-3-4-14;/h2,5,10,13-14,23H,3-4,6-9,11H2,1H3,(H2,19,20,21);1H. The lowest BCUT2D eigenvalue weighted by atomic mass is 10.1. The zero-order valence-corrected chi connectivity index (χ0v) is 16.3. The summed E-state index contributed by atoms with van der Waals surface area (Å²) in [6, 6.07) is 5.69. The number of nitrogens with one attached hydrogen (secondary N) is 2. The van der Waals surface area contributed by atoms with Crippen molar-refractivity contribution in [3.05, 3.63) is 29.6 Å². The normalized spacial score (nSPS) is 19.7. The third kappa shape index (κ3) is 5.20. The maximum atomic E-state index is 13.3. The van der Waals surface area contributed by atoms with Crippen molar-refractivity contribution in [2.45, 2.75) is 44.3 Å². The summed E-state index contributed by atoms with van der Waals surface area (Å²) in [7, 11) is 1.74. The van der Waals surface area contributed by atoms with Gasteiger partial charge in [-0.2, -0.15) is 0 Å². The summed E-state index contributed by atoms with van der Waals surface area (Å²) in [5.74, 6) is -0.179. The first kappa shape index (κ1) is 19.2. The first-order chi connectivity index (χ1) is 11.2. The van der Waals surface area contributed by atoms with Gasteiger partial charge < -0.3 is 20.6 Å². The molecule has 0 radical (unpaired) electrons. The van der Waals surface area contributed by atoms with E-state index in [1.165, 1.54) is 25.0 Å². The topological polar surface area (TPSA) is 59.9 Å². The molecule has 3 N–H and O–H groups in total. The second kappa shape index (κ2) is 8.84. The van der Waals surface area contributed by atoms with Crippen LogP contribution < -0.4 is 10.6 Å². The number of likely N-dealkylation sites (tertiary alicyclic amines) is 1. The van der Waals surface area contributed by atoms with Crippen LogP contribution in [-0.2, 0) is 6.54 Å². The number of guanidine groups is 1. The lowest BCUT2D eigenvalue weighted by Gasteiger charge is -2.33. The van der Waals surface area contributed by atoms with Crippen molar-refractivity contribution >= 4 is 29.9 Å². The Bertz CT molecular complexity index is 572. The monoisotopic (exact) mass is 448 g/mol. The molecule has 134 valence electrons. The molecule has 1 aliphatic carbocycles. The number of hydrogen-bond acceptors (Lipinski definition) is 3. The molecule has 0 spiro atoms. The van der Waals surface area contributed by atoms with Gasteiger partial charge in [-0.15, -0.1) is 24.0 Å². The van der Waals surface area contributed by atoms with Crippen LogP contribution in [0.4, 0.5) is 4.39 Å². The van der Waals surface area contributed by atoms with E-state index in [0.717, 1.165) is 43.5 Å². The van der Waals surface area contributed by atoms with Crippen LogP contribution >= 0.6 is 24.0 Å². The number of phenolic OH excluding ortho intramolecular Hbond substituents is 1. The molecule has 1 aliphatic heterocycles. The molecule has 0 aromatic heterocycles. The maximum absolute atomic E-state index is 13.3. The largest absolute Gasteiger partial charge is 0.505 e. The summed E-state index contributed by atoms with van der Waals surface area (Å²) in [4.78, 5) is 6.83. The van der Waals surface area contributed by atoms with Crippen molar-refractivity contribution in [3.63, 3.8) is 0 Å². The molecule has 0 unspecified atom stereocenters. The fourth-order valence-corrected chi connectivity index (χ4v) is 3.08. The quantitative estimate of drug-likeness (QED) is 0.376.